The summed E-state index contributed by atoms with van der Waals surface area (Å²) in [5.41, 5.74) is 2.11. The molecule has 0 bridgehead atoms. The second-order valence-electron chi connectivity index (χ2n) is 6.88. The number of aryl methyl sites for hydroxylation is 2. The third-order valence-corrected chi connectivity index (χ3v) is 7.06. The van der Waals surface area contributed by atoms with Gasteiger partial charge in [0.05, 0.1) is 12.7 Å². The lowest BCUT2D eigenvalue weighted by Crippen LogP contribution is -2.12. The zero-order valence-corrected chi connectivity index (χ0v) is 18.8. The van der Waals surface area contributed by atoms with E-state index in [-0.39, 0.29) is 6.61 Å². The van der Waals surface area contributed by atoms with E-state index in [1.165, 1.54) is 19.2 Å². The first-order valence-corrected chi connectivity index (χ1v) is 11.2. The number of benzene rings is 2. The SMILES string of the molecule is COC(=O)COc1ccc(SCc2cc(C)c(-c3ccc(C(F)(F)F)cc3)s2)cc1C. The van der Waals surface area contributed by atoms with Crippen LogP contribution in [0.2, 0.25) is 0 Å². The van der Waals surface area contributed by atoms with Gasteiger partial charge in [-0.15, -0.1) is 23.1 Å². The molecule has 3 nitrogen and oxygen atoms in total. The Balaban J connectivity index is 1.65. The van der Waals surface area contributed by atoms with E-state index in [4.69, 9.17) is 4.74 Å². The molecule has 3 rings (SSSR count). The van der Waals surface area contributed by atoms with Crippen molar-refractivity contribution >= 4 is 29.1 Å². The number of thiophene rings is 1. The second-order valence-corrected chi connectivity index (χ2v) is 9.07. The fourth-order valence-electron chi connectivity index (χ4n) is 2.94. The first-order valence-electron chi connectivity index (χ1n) is 9.37. The number of thioether (sulfide) groups is 1. The maximum atomic E-state index is 12.8. The highest BCUT2D eigenvalue weighted by Crippen LogP contribution is 2.37. The van der Waals surface area contributed by atoms with Crippen LogP contribution >= 0.6 is 23.1 Å². The smallest absolute Gasteiger partial charge is 0.416 e. The number of halogens is 3. The number of carbonyl (C=O) groups excluding carboxylic acids is 1. The Hall–Kier alpha value is -2.45. The van der Waals surface area contributed by atoms with Gasteiger partial charge >= 0.3 is 12.1 Å². The number of esters is 1. The van der Waals surface area contributed by atoms with Gasteiger partial charge in [0.1, 0.15) is 5.75 Å². The quantitative estimate of drug-likeness (QED) is 0.280. The lowest BCUT2D eigenvalue weighted by Gasteiger charge is -2.09. The minimum Gasteiger partial charge on any atom is -0.482 e. The number of alkyl halides is 3. The van der Waals surface area contributed by atoms with Gasteiger partial charge in [-0.3, -0.25) is 0 Å². The maximum absolute atomic E-state index is 12.8. The van der Waals surface area contributed by atoms with Crippen LogP contribution in [0.25, 0.3) is 10.4 Å². The van der Waals surface area contributed by atoms with Crippen LogP contribution in [0.15, 0.2) is 53.4 Å². The molecule has 0 saturated carbocycles. The number of hydrogen-bond acceptors (Lipinski definition) is 5. The van der Waals surface area contributed by atoms with Crippen molar-refractivity contribution in [2.45, 2.75) is 30.7 Å². The normalized spacial score (nSPS) is 11.4. The van der Waals surface area contributed by atoms with Gasteiger partial charge in [-0.1, -0.05) is 12.1 Å². The third-order valence-electron chi connectivity index (χ3n) is 4.54. The number of carbonyl (C=O) groups is 1. The summed E-state index contributed by atoms with van der Waals surface area (Å²) in [5.74, 6) is 0.939. The average molecular weight is 467 g/mol. The molecule has 0 atom stereocenters. The van der Waals surface area contributed by atoms with E-state index in [2.05, 4.69) is 10.8 Å². The summed E-state index contributed by atoms with van der Waals surface area (Å²) in [6.07, 6.45) is -4.33. The molecule has 0 fully saturated rings. The fraction of sp³-hybridized carbons (Fsp3) is 0.261. The maximum Gasteiger partial charge on any atom is 0.416 e. The van der Waals surface area contributed by atoms with Crippen molar-refractivity contribution in [1.82, 2.24) is 0 Å². The molecule has 0 aliphatic carbocycles. The van der Waals surface area contributed by atoms with Crippen molar-refractivity contribution in [1.29, 1.82) is 0 Å². The van der Waals surface area contributed by atoms with Crippen LogP contribution in [0.5, 0.6) is 5.75 Å². The van der Waals surface area contributed by atoms with Crippen LogP contribution in [0.4, 0.5) is 13.2 Å². The van der Waals surface area contributed by atoms with Crippen LogP contribution in [-0.2, 0) is 21.5 Å². The molecule has 1 heterocycles. The van der Waals surface area contributed by atoms with Crippen LogP contribution in [0.1, 0.15) is 21.6 Å². The summed E-state index contributed by atoms with van der Waals surface area (Å²) < 4.78 is 48.4. The number of methoxy groups -OCH3 is 1. The Labute approximate surface area is 187 Å². The van der Waals surface area contributed by atoms with Crippen molar-refractivity contribution in [3.63, 3.8) is 0 Å². The molecule has 2 aromatic carbocycles. The summed E-state index contributed by atoms with van der Waals surface area (Å²) >= 11 is 3.25. The largest absolute Gasteiger partial charge is 0.482 e. The fourth-order valence-corrected chi connectivity index (χ4v) is 5.14. The van der Waals surface area contributed by atoms with E-state index in [9.17, 15) is 18.0 Å². The van der Waals surface area contributed by atoms with Gasteiger partial charge in [0.25, 0.3) is 0 Å². The molecule has 0 amide bonds. The second kappa shape index (κ2) is 9.78. The van der Waals surface area contributed by atoms with Crippen LogP contribution in [-0.4, -0.2) is 19.7 Å². The zero-order chi connectivity index (χ0) is 22.6. The van der Waals surface area contributed by atoms with Crippen LogP contribution in [0, 0.1) is 13.8 Å². The third kappa shape index (κ3) is 6.04. The Morgan fingerprint density at radius 1 is 1.03 bits per heavy atom. The van der Waals surface area contributed by atoms with Crippen molar-refractivity contribution in [2.75, 3.05) is 13.7 Å². The molecule has 164 valence electrons. The number of rotatable bonds is 7. The zero-order valence-electron chi connectivity index (χ0n) is 17.2. The Morgan fingerprint density at radius 2 is 1.74 bits per heavy atom. The average Bonchev–Trinajstić information content (AvgIpc) is 3.11. The first-order chi connectivity index (χ1) is 14.7. The number of ether oxygens (including phenoxy) is 2. The van der Waals surface area contributed by atoms with Crippen LogP contribution < -0.4 is 4.74 Å². The highest BCUT2D eigenvalue weighted by Gasteiger charge is 2.30. The first kappa shape index (κ1) is 23.2. The molecule has 0 spiro atoms. The van der Waals surface area contributed by atoms with Gasteiger partial charge in [-0.25, -0.2) is 4.79 Å². The molecular weight excluding hydrogens is 445 g/mol. The predicted octanol–water partition coefficient (Wildman–Crippen LogP) is 6.89. The molecule has 0 unspecified atom stereocenters. The monoisotopic (exact) mass is 466 g/mol. The van der Waals surface area contributed by atoms with Gasteiger partial charge in [0.2, 0.25) is 0 Å². The van der Waals surface area contributed by atoms with Crippen molar-refractivity contribution < 1.29 is 27.4 Å². The van der Waals surface area contributed by atoms with Gasteiger partial charge < -0.3 is 9.47 Å². The Kier molecular flexibility index (Phi) is 7.33. The lowest BCUT2D eigenvalue weighted by atomic mass is 10.1. The lowest BCUT2D eigenvalue weighted by molar-refractivity contribution is -0.143. The van der Waals surface area contributed by atoms with E-state index in [1.54, 1.807) is 23.1 Å². The minimum atomic E-state index is -4.33. The Bertz CT molecular complexity index is 1060. The van der Waals surface area contributed by atoms with E-state index in [0.29, 0.717) is 5.75 Å². The molecule has 1 aromatic heterocycles. The Morgan fingerprint density at radius 3 is 2.35 bits per heavy atom. The van der Waals surface area contributed by atoms with E-state index >= 15 is 0 Å². The number of hydrogen-bond donors (Lipinski definition) is 0. The standard InChI is InChI=1S/C23H21F3O3S2/c1-14-10-18(8-9-20(14)29-12-21(27)28-3)30-13-19-11-15(2)22(31-19)16-4-6-17(7-5-16)23(24,25)26/h4-11H,12-13H2,1-3H3. The van der Waals surface area contributed by atoms with Crippen molar-refractivity contribution in [3.05, 3.63) is 70.1 Å². The van der Waals surface area contributed by atoms with Gasteiger partial charge in [0.15, 0.2) is 6.61 Å². The summed E-state index contributed by atoms with van der Waals surface area (Å²) in [6, 6.07) is 13.1. The van der Waals surface area contributed by atoms with Crippen LogP contribution in [0.3, 0.4) is 0 Å². The molecule has 3 aromatic rings. The topological polar surface area (TPSA) is 35.5 Å². The molecule has 31 heavy (non-hydrogen) atoms. The summed E-state index contributed by atoms with van der Waals surface area (Å²) in [5, 5.41) is 0. The molecule has 0 radical (unpaired) electrons. The summed E-state index contributed by atoms with van der Waals surface area (Å²) in [6.45, 7) is 3.75. The molecular formula is C23H21F3O3S2. The molecule has 0 aliphatic rings. The van der Waals surface area contributed by atoms with E-state index < -0.39 is 17.7 Å². The molecule has 0 aliphatic heterocycles. The van der Waals surface area contributed by atoms with Gasteiger partial charge in [-0.05, 0) is 66.9 Å². The van der Waals surface area contributed by atoms with Gasteiger partial charge in [0, 0.05) is 20.4 Å². The van der Waals surface area contributed by atoms with E-state index in [1.807, 2.05) is 32.0 Å². The van der Waals surface area contributed by atoms with E-state index in [0.717, 1.165) is 49.2 Å². The van der Waals surface area contributed by atoms with Gasteiger partial charge in [-0.2, -0.15) is 13.2 Å². The predicted molar refractivity (Wildman–Crippen MR) is 118 cm³/mol. The summed E-state index contributed by atoms with van der Waals surface area (Å²) in [4.78, 5) is 14.4. The molecule has 8 heteroatoms. The summed E-state index contributed by atoms with van der Waals surface area (Å²) in [7, 11) is 1.31. The van der Waals surface area contributed by atoms with Crippen molar-refractivity contribution in [2.24, 2.45) is 0 Å². The molecule has 0 N–H and O–H groups in total. The highest BCUT2D eigenvalue weighted by atomic mass is 32.2. The highest BCUT2D eigenvalue weighted by molar-refractivity contribution is 7.98. The van der Waals surface area contributed by atoms with Crippen molar-refractivity contribution in [3.8, 4) is 16.2 Å². The molecule has 0 saturated heterocycles. The minimum absolute atomic E-state index is 0.134.